The summed E-state index contributed by atoms with van der Waals surface area (Å²) < 4.78 is 32.1. The summed E-state index contributed by atoms with van der Waals surface area (Å²) in [4.78, 5) is 0. The third kappa shape index (κ3) is 4.23. The number of hydrogen-bond acceptors (Lipinski definition) is 5. The number of aromatic nitrogens is 2. The average molecular weight is 262 g/mol. The number of anilines is 1. The number of hydrogen-bond donors (Lipinski definition) is 2. The van der Waals surface area contributed by atoms with Crippen LogP contribution < -0.4 is 15.2 Å². The van der Waals surface area contributed by atoms with E-state index >= 15 is 0 Å². The van der Waals surface area contributed by atoms with E-state index in [0.717, 1.165) is 0 Å². The number of nitrogens with zero attached hydrogens (tertiary/aromatic N) is 2. The van der Waals surface area contributed by atoms with E-state index in [-0.39, 0.29) is 11.6 Å². The molecule has 0 atom stereocenters. The summed E-state index contributed by atoms with van der Waals surface area (Å²) in [5.74, 6) is 0.796. The molecule has 0 radical (unpaired) electrons. The molecule has 0 fully saturated rings. The van der Waals surface area contributed by atoms with Crippen LogP contribution in [0.4, 0.5) is 5.82 Å². The summed E-state index contributed by atoms with van der Waals surface area (Å²) >= 11 is 0. The minimum absolute atomic E-state index is 0.0447. The molecule has 3 N–H and O–H groups in total. The molecular weight excluding hydrogens is 244 g/mol. The number of ether oxygens (including phenoxy) is 1. The first-order chi connectivity index (χ1) is 7.98. The molecule has 98 valence electrons. The lowest BCUT2D eigenvalue weighted by Gasteiger charge is -2.03. The highest BCUT2D eigenvalue weighted by Crippen LogP contribution is 2.16. The van der Waals surface area contributed by atoms with Gasteiger partial charge in [0, 0.05) is 13.1 Å². The molecule has 8 heteroatoms. The fourth-order valence-corrected chi connectivity index (χ4v) is 2.44. The van der Waals surface area contributed by atoms with Gasteiger partial charge in [-0.25, -0.2) is 13.1 Å². The normalized spacial score (nSPS) is 11.5. The van der Waals surface area contributed by atoms with Crippen molar-refractivity contribution in [3.8, 4) is 5.88 Å². The Hall–Kier alpha value is -1.28. The zero-order valence-electron chi connectivity index (χ0n) is 10.0. The van der Waals surface area contributed by atoms with E-state index in [4.69, 9.17) is 10.5 Å². The highest BCUT2D eigenvalue weighted by molar-refractivity contribution is 7.92. The topological polar surface area (TPSA) is 99.2 Å². The van der Waals surface area contributed by atoms with Gasteiger partial charge in [-0.1, -0.05) is 0 Å². The summed E-state index contributed by atoms with van der Waals surface area (Å²) in [6.45, 7) is 0.493. The van der Waals surface area contributed by atoms with Gasteiger partial charge >= 0.3 is 0 Å². The third-order valence-electron chi connectivity index (χ3n) is 2.17. The van der Waals surface area contributed by atoms with E-state index < -0.39 is 10.0 Å². The average Bonchev–Trinajstić information content (AvgIpc) is 2.58. The monoisotopic (exact) mass is 262 g/mol. The number of nitrogens with one attached hydrogen (secondary N) is 1. The first-order valence-corrected chi connectivity index (χ1v) is 6.92. The van der Waals surface area contributed by atoms with Crippen LogP contribution in [0.3, 0.4) is 0 Å². The fraction of sp³-hybridized carbons (Fsp3) is 0.667. The first kappa shape index (κ1) is 13.8. The Bertz CT molecular complexity index is 455. The lowest BCUT2D eigenvalue weighted by Crippen LogP contribution is -2.17. The number of aryl methyl sites for hydroxylation is 1. The number of sulfonamides is 1. The first-order valence-electron chi connectivity index (χ1n) is 5.27. The maximum atomic E-state index is 11.6. The number of methoxy groups -OCH3 is 1. The van der Waals surface area contributed by atoms with Crippen molar-refractivity contribution in [2.24, 2.45) is 12.8 Å². The summed E-state index contributed by atoms with van der Waals surface area (Å²) in [6, 6.07) is 1.53. The standard InChI is InChI=1S/C9H18N4O3S/c1-13-9(16-2)7-8(11-13)12-17(14,15)6-4-3-5-10/h7H,3-6,10H2,1-2H3,(H,11,12). The molecule has 1 heterocycles. The van der Waals surface area contributed by atoms with Crippen LogP contribution in [0.15, 0.2) is 6.07 Å². The summed E-state index contributed by atoms with van der Waals surface area (Å²) in [5.41, 5.74) is 5.30. The Labute approximate surface area is 101 Å². The van der Waals surface area contributed by atoms with Crippen molar-refractivity contribution >= 4 is 15.8 Å². The van der Waals surface area contributed by atoms with Gasteiger partial charge in [-0.2, -0.15) is 5.10 Å². The predicted molar refractivity (Wildman–Crippen MR) is 65.5 cm³/mol. The predicted octanol–water partition coefficient (Wildman–Crippen LogP) is -0.0907. The van der Waals surface area contributed by atoms with Gasteiger partial charge in [0.05, 0.1) is 12.9 Å². The molecule has 0 aliphatic rings. The van der Waals surface area contributed by atoms with Crippen molar-refractivity contribution in [1.82, 2.24) is 9.78 Å². The quantitative estimate of drug-likeness (QED) is 0.669. The van der Waals surface area contributed by atoms with Crippen molar-refractivity contribution < 1.29 is 13.2 Å². The lowest BCUT2D eigenvalue weighted by atomic mass is 10.3. The molecule has 7 nitrogen and oxygen atoms in total. The second-order valence-corrected chi connectivity index (χ2v) is 5.45. The van der Waals surface area contributed by atoms with Crippen LogP contribution in [0.5, 0.6) is 5.88 Å². The van der Waals surface area contributed by atoms with Crippen LogP contribution in [-0.4, -0.2) is 37.6 Å². The third-order valence-corrected chi connectivity index (χ3v) is 3.52. The van der Waals surface area contributed by atoms with Crippen molar-refractivity contribution in [2.45, 2.75) is 12.8 Å². The van der Waals surface area contributed by atoms with Gasteiger partial charge in [0.1, 0.15) is 0 Å². The highest BCUT2D eigenvalue weighted by Gasteiger charge is 2.13. The van der Waals surface area contributed by atoms with Crippen LogP contribution in [0.1, 0.15) is 12.8 Å². The van der Waals surface area contributed by atoms with Gasteiger partial charge in [-0.05, 0) is 19.4 Å². The molecule has 1 aromatic rings. The van der Waals surface area contributed by atoms with Gasteiger partial charge in [0.2, 0.25) is 15.9 Å². The molecule has 1 aromatic heterocycles. The molecule has 0 aliphatic carbocycles. The number of rotatable bonds is 7. The van der Waals surface area contributed by atoms with Gasteiger partial charge in [-0.3, -0.25) is 4.72 Å². The SMILES string of the molecule is COc1cc(NS(=O)(=O)CCCCN)nn1C. The van der Waals surface area contributed by atoms with Gasteiger partial charge in [-0.15, -0.1) is 0 Å². The minimum Gasteiger partial charge on any atom is -0.481 e. The Morgan fingerprint density at radius 1 is 1.53 bits per heavy atom. The summed E-state index contributed by atoms with van der Waals surface area (Å²) in [5, 5.41) is 3.97. The zero-order chi connectivity index (χ0) is 12.9. The molecule has 17 heavy (non-hydrogen) atoms. The Balaban J connectivity index is 2.63. The van der Waals surface area contributed by atoms with Gasteiger partial charge in [0.25, 0.3) is 0 Å². The van der Waals surface area contributed by atoms with E-state index in [1.165, 1.54) is 17.9 Å². The summed E-state index contributed by atoms with van der Waals surface area (Å²) in [6.07, 6.45) is 1.22. The van der Waals surface area contributed by atoms with E-state index in [1.807, 2.05) is 0 Å². The van der Waals surface area contributed by atoms with Crippen molar-refractivity contribution in [2.75, 3.05) is 24.1 Å². The summed E-state index contributed by atoms with van der Waals surface area (Å²) in [7, 11) is -0.187. The molecule has 0 spiro atoms. The van der Waals surface area contributed by atoms with E-state index in [2.05, 4.69) is 9.82 Å². The second kappa shape index (κ2) is 5.87. The molecular formula is C9H18N4O3S. The van der Waals surface area contributed by atoms with Gasteiger partial charge < -0.3 is 10.5 Å². The Morgan fingerprint density at radius 3 is 2.76 bits per heavy atom. The maximum Gasteiger partial charge on any atom is 0.233 e. The van der Waals surface area contributed by atoms with Crippen LogP contribution in [0.25, 0.3) is 0 Å². The molecule has 1 rings (SSSR count). The lowest BCUT2D eigenvalue weighted by molar-refractivity contribution is 0.373. The van der Waals surface area contributed by atoms with Crippen molar-refractivity contribution in [1.29, 1.82) is 0 Å². The number of unbranched alkanes of at least 4 members (excludes halogenated alkanes) is 1. The molecule has 0 amide bonds. The van der Waals surface area contributed by atoms with Crippen LogP contribution >= 0.6 is 0 Å². The highest BCUT2D eigenvalue weighted by atomic mass is 32.2. The molecule has 0 saturated carbocycles. The number of nitrogens with two attached hydrogens (primary N) is 1. The van der Waals surface area contributed by atoms with Gasteiger partial charge in [0.15, 0.2) is 5.82 Å². The molecule has 0 saturated heterocycles. The zero-order valence-corrected chi connectivity index (χ0v) is 10.8. The smallest absolute Gasteiger partial charge is 0.233 e. The minimum atomic E-state index is -3.36. The second-order valence-electron chi connectivity index (χ2n) is 3.61. The fourth-order valence-electron chi connectivity index (χ4n) is 1.34. The van der Waals surface area contributed by atoms with Crippen molar-refractivity contribution in [3.63, 3.8) is 0 Å². The van der Waals surface area contributed by atoms with E-state index in [1.54, 1.807) is 7.05 Å². The Morgan fingerprint density at radius 2 is 2.24 bits per heavy atom. The maximum absolute atomic E-state index is 11.6. The van der Waals surface area contributed by atoms with E-state index in [0.29, 0.717) is 25.3 Å². The van der Waals surface area contributed by atoms with E-state index in [9.17, 15) is 8.42 Å². The largest absolute Gasteiger partial charge is 0.481 e. The van der Waals surface area contributed by atoms with Crippen LogP contribution in [0, 0.1) is 0 Å². The molecule has 0 bridgehead atoms. The molecule has 0 aromatic carbocycles. The van der Waals surface area contributed by atoms with Crippen molar-refractivity contribution in [3.05, 3.63) is 6.07 Å². The Kier molecular flexibility index (Phi) is 4.76. The van der Waals surface area contributed by atoms with Crippen LogP contribution in [-0.2, 0) is 17.1 Å². The molecule has 0 unspecified atom stereocenters. The molecule has 0 aliphatic heterocycles. The van der Waals surface area contributed by atoms with Crippen LogP contribution in [0.2, 0.25) is 0 Å².